The zero-order valence-corrected chi connectivity index (χ0v) is 9.20. The Morgan fingerprint density at radius 1 is 1.33 bits per heavy atom. The summed E-state index contributed by atoms with van der Waals surface area (Å²) in [5.74, 6) is 0.819. The lowest BCUT2D eigenvalue weighted by Gasteiger charge is -2.07. The van der Waals surface area contributed by atoms with Crippen LogP contribution in [0.15, 0.2) is 24.3 Å². The number of hydrogen-bond donors (Lipinski definition) is 2. The van der Waals surface area contributed by atoms with Crippen LogP contribution in [-0.4, -0.2) is 24.8 Å². The topological polar surface area (TPSA) is 41.5 Å². The molecule has 3 heteroatoms. The summed E-state index contributed by atoms with van der Waals surface area (Å²) in [4.78, 5) is 0. The van der Waals surface area contributed by atoms with Crippen molar-refractivity contribution in [3.63, 3.8) is 0 Å². The summed E-state index contributed by atoms with van der Waals surface area (Å²) in [6, 6.07) is 7.53. The standard InChI is InChI=1S/C12H19NO2/c1-2-6-13-7-8-15-12-5-3-4-11(9-12)10-14/h3-5,9,13-14H,2,6-8,10H2,1H3. The van der Waals surface area contributed by atoms with Gasteiger partial charge in [-0.05, 0) is 30.7 Å². The first-order chi connectivity index (χ1) is 7.36. The second-order valence-corrected chi connectivity index (χ2v) is 3.40. The van der Waals surface area contributed by atoms with Crippen molar-refractivity contribution in [2.45, 2.75) is 20.0 Å². The number of aliphatic hydroxyl groups excluding tert-OH is 1. The molecule has 0 aromatic heterocycles. The smallest absolute Gasteiger partial charge is 0.119 e. The van der Waals surface area contributed by atoms with Crippen molar-refractivity contribution >= 4 is 0 Å². The van der Waals surface area contributed by atoms with E-state index in [1.54, 1.807) is 0 Å². The van der Waals surface area contributed by atoms with E-state index in [2.05, 4.69) is 12.2 Å². The minimum atomic E-state index is 0.0608. The van der Waals surface area contributed by atoms with Crippen LogP contribution in [0.3, 0.4) is 0 Å². The number of benzene rings is 1. The van der Waals surface area contributed by atoms with E-state index in [0.29, 0.717) is 6.61 Å². The molecule has 0 saturated heterocycles. The fraction of sp³-hybridized carbons (Fsp3) is 0.500. The minimum Gasteiger partial charge on any atom is -0.492 e. The largest absolute Gasteiger partial charge is 0.492 e. The second kappa shape index (κ2) is 7.26. The van der Waals surface area contributed by atoms with Crippen LogP contribution in [0.5, 0.6) is 5.75 Å². The Balaban J connectivity index is 2.24. The molecule has 0 atom stereocenters. The van der Waals surface area contributed by atoms with E-state index in [0.717, 1.165) is 30.8 Å². The van der Waals surface area contributed by atoms with Crippen LogP contribution in [-0.2, 0) is 6.61 Å². The van der Waals surface area contributed by atoms with Gasteiger partial charge in [-0.2, -0.15) is 0 Å². The van der Waals surface area contributed by atoms with Crippen LogP contribution in [0.4, 0.5) is 0 Å². The quantitative estimate of drug-likeness (QED) is 0.670. The molecule has 2 N–H and O–H groups in total. The highest BCUT2D eigenvalue weighted by molar-refractivity contribution is 5.27. The van der Waals surface area contributed by atoms with Crippen molar-refractivity contribution in [1.29, 1.82) is 0 Å². The molecule has 15 heavy (non-hydrogen) atoms. The third-order valence-electron chi connectivity index (χ3n) is 2.06. The average Bonchev–Trinajstić information content (AvgIpc) is 2.29. The van der Waals surface area contributed by atoms with Gasteiger partial charge in [0.1, 0.15) is 12.4 Å². The molecular weight excluding hydrogens is 190 g/mol. The first kappa shape index (κ1) is 12.0. The normalized spacial score (nSPS) is 10.3. The molecule has 0 unspecified atom stereocenters. The summed E-state index contributed by atoms with van der Waals surface area (Å²) in [5, 5.41) is 12.2. The van der Waals surface area contributed by atoms with Gasteiger partial charge in [-0.3, -0.25) is 0 Å². The van der Waals surface area contributed by atoms with Crippen LogP contribution < -0.4 is 10.1 Å². The van der Waals surface area contributed by atoms with E-state index in [9.17, 15) is 0 Å². The highest BCUT2D eigenvalue weighted by Crippen LogP contribution is 2.12. The van der Waals surface area contributed by atoms with Gasteiger partial charge >= 0.3 is 0 Å². The molecule has 0 aliphatic heterocycles. The maximum Gasteiger partial charge on any atom is 0.119 e. The Hall–Kier alpha value is -1.06. The predicted molar refractivity (Wildman–Crippen MR) is 61.0 cm³/mol. The first-order valence-corrected chi connectivity index (χ1v) is 5.40. The van der Waals surface area contributed by atoms with Crippen LogP contribution in [0.1, 0.15) is 18.9 Å². The number of hydrogen-bond acceptors (Lipinski definition) is 3. The molecule has 3 nitrogen and oxygen atoms in total. The summed E-state index contributed by atoms with van der Waals surface area (Å²) >= 11 is 0. The van der Waals surface area contributed by atoms with Gasteiger partial charge in [0.25, 0.3) is 0 Å². The summed E-state index contributed by atoms with van der Waals surface area (Å²) < 4.78 is 5.52. The lowest BCUT2D eigenvalue weighted by Crippen LogP contribution is -2.21. The third-order valence-corrected chi connectivity index (χ3v) is 2.06. The maximum atomic E-state index is 8.94. The second-order valence-electron chi connectivity index (χ2n) is 3.40. The van der Waals surface area contributed by atoms with Gasteiger partial charge in [0.2, 0.25) is 0 Å². The van der Waals surface area contributed by atoms with Crippen molar-refractivity contribution in [2.75, 3.05) is 19.7 Å². The van der Waals surface area contributed by atoms with E-state index in [-0.39, 0.29) is 6.61 Å². The average molecular weight is 209 g/mol. The number of ether oxygens (including phenoxy) is 1. The number of aliphatic hydroxyl groups is 1. The minimum absolute atomic E-state index is 0.0608. The van der Waals surface area contributed by atoms with Crippen LogP contribution in [0.25, 0.3) is 0 Å². The van der Waals surface area contributed by atoms with E-state index in [4.69, 9.17) is 9.84 Å². The fourth-order valence-corrected chi connectivity index (χ4v) is 1.28. The summed E-state index contributed by atoms with van der Waals surface area (Å²) in [7, 11) is 0. The summed E-state index contributed by atoms with van der Waals surface area (Å²) in [6.07, 6.45) is 1.14. The zero-order chi connectivity index (χ0) is 10.9. The molecule has 0 amide bonds. The number of nitrogens with one attached hydrogen (secondary N) is 1. The number of rotatable bonds is 7. The van der Waals surface area contributed by atoms with Crippen molar-refractivity contribution in [1.82, 2.24) is 5.32 Å². The Morgan fingerprint density at radius 3 is 2.93 bits per heavy atom. The molecule has 1 aromatic carbocycles. The Morgan fingerprint density at radius 2 is 2.20 bits per heavy atom. The van der Waals surface area contributed by atoms with Gasteiger partial charge in [0, 0.05) is 6.54 Å². The SMILES string of the molecule is CCCNCCOc1cccc(CO)c1. The van der Waals surface area contributed by atoms with Crippen LogP contribution in [0.2, 0.25) is 0 Å². The Bertz CT molecular complexity index is 276. The first-order valence-electron chi connectivity index (χ1n) is 5.40. The van der Waals surface area contributed by atoms with Gasteiger partial charge in [0.05, 0.1) is 6.61 Å². The molecule has 1 rings (SSSR count). The van der Waals surface area contributed by atoms with Gasteiger partial charge in [-0.1, -0.05) is 19.1 Å². The molecule has 0 heterocycles. The summed E-state index contributed by atoms with van der Waals surface area (Å²) in [5.41, 5.74) is 0.883. The molecule has 1 aromatic rings. The zero-order valence-electron chi connectivity index (χ0n) is 9.20. The molecule has 0 bridgehead atoms. The van der Waals surface area contributed by atoms with Crippen molar-refractivity contribution in [3.8, 4) is 5.75 Å². The van der Waals surface area contributed by atoms with Crippen molar-refractivity contribution in [2.24, 2.45) is 0 Å². The van der Waals surface area contributed by atoms with Crippen molar-refractivity contribution < 1.29 is 9.84 Å². The third kappa shape index (κ3) is 4.81. The molecule has 0 saturated carbocycles. The molecule has 0 spiro atoms. The lowest BCUT2D eigenvalue weighted by atomic mass is 10.2. The van der Waals surface area contributed by atoms with E-state index in [1.807, 2.05) is 24.3 Å². The Labute approximate surface area is 91.1 Å². The predicted octanol–water partition coefficient (Wildman–Crippen LogP) is 1.56. The highest BCUT2D eigenvalue weighted by Gasteiger charge is 1.95. The monoisotopic (exact) mass is 209 g/mol. The van der Waals surface area contributed by atoms with Crippen LogP contribution in [0, 0.1) is 0 Å². The van der Waals surface area contributed by atoms with Crippen molar-refractivity contribution in [3.05, 3.63) is 29.8 Å². The Kier molecular flexibility index (Phi) is 5.81. The van der Waals surface area contributed by atoms with E-state index >= 15 is 0 Å². The van der Waals surface area contributed by atoms with E-state index < -0.39 is 0 Å². The molecule has 0 fully saturated rings. The van der Waals surface area contributed by atoms with Gasteiger partial charge in [0.15, 0.2) is 0 Å². The molecule has 0 aliphatic carbocycles. The fourth-order valence-electron chi connectivity index (χ4n) is 1.28. The molecule has 0 radical (unpaired) electrons. The van der Waals surface area contributed by atoms with Crippen LogP contribution >= 0.6 is 0 Å². The summed E-state index contributed by atoms with van der Waals surface area (Å²) in [6.45, 7) is 4.75. The molecule has 84 valence electrons. The molecular formula is C12H19NO2. The maximum absolute atomic E-state index is 8.94. The highest BCUT2D eigenvalue weighted by atomic mass is 16.5. The lowest BCUT2D eigenvalue weighted by molar-refractivity contribution is 0.279. The van der Waals surface area contributed by atoms with Gasteiger partial charge in [-0.15, -0.1) is 0 Å². The molecule has 0 aliphatic rings. The van der Waals surface area contributed by atoms with E-state index in [1.165, 1.54) is 0 Å². The van der Waals surface area contributed by atoms with Gasteiger partial charge < -0.3 is 15.2 Å². The van der Waals surface area contributed by atoms with Gasteiger partial charge in [-0.25, -0.2) is 0 Å².